The SMILES string of the molecule is Cc1ccccc1NC(=O)c1nc(C(=O)N2CCCCC2)n2c1CCCC2. The highest BCUT2D eigenvalue weighted by Crippen LogP contribution is 2.24. The first-order chi connectivity index (χ1) is 13.1. The van der Waals surface area contributed by atoms with Crippen molar-refractivity contribution in [1.82, 2.24) is 14.5 Å². The predicted molar refractivity (Wildman–Crippen MR) is 104 cm³/mol. The number of fused-ring (bicyclic) bond motifs is 1. The van der Waals surface area contributed by atoms with Crippen LogP contribution in [0, 0.1) is 6.92 Å². The van der Waals surface area contributed by atoms with Gasteiger partial charge in [-0.3, -0.25) is 9.59 Å². The Kier molecular flexibility index (Phi) is 4.97. The average molecular weight is 366 g/mol. The smallest absolute Gasteiger partial charge is 0.289 e. The lowest BCUT2D eigenvalue weighted by Crippen LogP contribution is -2.37. The van der Waals surface area contributed by atoms with Gasteiger partial charge in [-0.2, -0.15) is 0 Å². The van der Waals surface area contributed by atoms with E-state index in [2.05, 4.69) is 10.3 Å². The first-order valence-electron chi connectivity index (χ1n) is 9.91. The number of rotatable bonds is 3. The Morgan fingerprint density at radius 2 is 1.74 bits per heavy atom. The van der Waals surface area contributed by atoms with E-state index in [1.165, 1.54) is 6.42 Å². The van der Waals surface area contributed by atoms with Gasteiger partial charge in [0.15, 0.2) is 11.5 Å². The molecule has 2 aliphatic rings. The summed E-state index contributed by atoms with van der Waals surface area (Å²) in [6.07, 6.45) is 6.08. The van der Waals surface area contributed by atoms with Crippen LogP contribution in [0.4, 0.5) is 5.69 Å². The van der Waals surface area contributed by atoms with Crippen LogP contribution in [0.2, 0.25) is 0 Å². The van der Waals surface area contributed by atoms with Gasteiger partial charge >= 0.3 is 0 Å². The van der Waals surface area contributed by atoms with E-state index in [0.29, 0.717) is 11.5 Å². The molecule has 1 aromatic carbocycles. The first kappa shape index (κ1) is 17.8. The molecular weight excluding hydrogens is 340 g/mol. The van der Waals surface area contributed by atoms with E-state index >= 15 is 0 Å². The molecule has 142 valence electrons. The molecule has 0 aliphatic carbocycles. The molecule has 0 bridgehead atoms. The second-order valence-electron chi connectivity index (χ2n) is 7.46. The second kappa shape index (κ2) is 7.55. The highest BCUT2D eigenvalue weighted by Gasteiger charge is 2.30. The fourth-order valence-electron chi connectivity index (χ4n) is 4.02. The van der Waals surface area contributed by atoms with Gasteiger partial charge in [0.1, 0.15) is 0 Å². The molecule has 0 atom stereocenters. The Morgan fingerprint density at radius 3 is 2.52 bits per heavy atom. The number of carbonyl (C=O) groups is 2. The molecule has 0 unspecified atom stereocenters. The monoisotopic (exact) mass is 366 g/mol. The zero-order valence-electron chi connectivity index (χ0n) is 15.8. The summed E-state index contributed by atoms with van der Waals surface area (Å²) < 4.78 is 1.98. The maximum Gasteiger partial charge on any atom is 0.289 e. The summed E-state index contributed by atoms with van der Waals surface area (Å²) in [4.78, 5) is 32.4. The molecule has 1 aromatic heterocycles. The van der Waals surface area contributed by atoms with Crippen molar-refractivity contribution in [2.75, 3.05) is 18.4 Å². The quantitative estimate of drug-likeness (QED) is 0.905. The zero-order valence-corrected chi connectivity index (χ0v) is 15.8. The van der Waals surface area contributed by atoms with Crippen LogP contribution in [0.5, 0.6) is 0 Å². The van der Waals surface area contributed by atoms with E-state index in [-0.39, 0.29) is 11.8 Å². The Morgan fingerprint density at radius 1 is 1.00 bits per heavy atom. The van der Waals surface area contributed by atoms with Crippen molar-refractivity contribution < 1.29 is 9.59 Å². The van der Waals surface area contributed by atoms with E-state index in [1.54, 1.807) is 0 Å². The van der Waals surface area contributed by atoms with Gasteiger partial charge in [-0.1, -0.05) is 18.2 Å². The van der Waals surface area contributed by atoms with Crippen LogP contribution in [-0.2, 0) is 13.0 Å². The molecular formula is C21H26N4O2. The van der Waals surface area contributed by atoms with Crippen LogP contribution in [0.3, 0.4) is 0 Å². The molecule has 2 aliphatic heterocycles. The van der Waals surface area contributed by atoms with E-state index in [1.807, 2.05) is 40.7 Å². The normalized spacial score (nSPS) is 16.7. The van der Waals surface area contributed by atoms with E-state index in [0.717, 1.165) is 68.7 Å². The summed E-state index contributed by atoms with van der Waals surface area (Å²) in [6, 6.07) is 7.69. The molecule has 6 heteroatoms. The van der Waals surface area contributed by atoms with Gasteiger partial charge in [0, 0.05) is 25.3 Å². The first-order valence-corrected chi connectivity index (χ1v) is 9.91. The number of aromatic nitrogens is 2. The number of nitrogens with zero attached hydrogens (tertiary/aromatic N) is 3. The molecule has 6 nitrogen and oxygen atoms in total. The molecule has 27 heavy (non-hydrogen) atoms. The lowest BCUT2D eigenvalue weighted by atomic mass is 10.1. The fraction of sp³-hybridized carbons (Fsp3) is 0.476. The molecule has 1 N–H and O–H groups in total. The van der Waals surface area contributed by atoms with Crippen molar-refractivity contribution in [3.05, 3.63) is 47.0 Å². The summed E-state index contributed by atoms with van der Waals surface area (Å²) >= 11 is 0. The molecule has 1 fully saturated rings. The largest absolute Gasteiger partial charge is 0.336 e. The van der Waals surface area contributed by atoms with Gasteiger partial charge in [0.05, 0.1) is 5.69 Å². The summed E-state index contributed by atoms with van der Waals surface area (Å²) in [5.41, 5.74) is 3.08. The predicted octanol–water partition coefficient (Wildman–Crippen LogP) is 3.41. The third kappa shape index (κ3) is 3.48. The number of likely N-dealkylation sites (tertiary alicyclic amines) is 1. The third-order valence-electron chi connectivity index (χ3n) is 5.56. The highest BCUT2D eigenvalue weighted by atomic mass is 16.2. The third-order valence-corrected chi connectivity index (χ3v) is 5.56. The molecule has 0 spiro atoms. The maximum atomic E-state index is 13.0. The number of aryl methyl sites for hydroxylation is 1. The molecule has 2 amide bonds. The number of para-hydroxylation sites is 1. The van der Waals surface area contributed by atoms with Crippen molar-refractivity contribution in [2.45, 2.75) is 52.0 Å². The van der Waals surface area contributed by atoms with Crippen LogP contribution in [0.25, 0.3) is 0 Å². The van der Waals surface area contributed by atoms with Gasteiger partial charge in [0.25, 0.3) is 11.8 Å². The van der Waals surface area contributed by atoms with Crippen LogP contribution >= 0.6 is 0 Å². The lowest BCUT2D eigenvalue weighted by Gasteiger charge is -2.27. The zero-order chi connectivity index (χ0) is 18.8. The topological polar surface area (TPSA) is 67.2 Å². The molecule has 0 radical (unpaired) electrons. The van der Waals surface area contributed by atoms with E-state index < -0.39 is 0 Å². The van der Waals surface area contributed by atoms with Crippen molar-refractivity contribution in [3.8, 4) is 0 Å². The van der Waals surface area contributed by atoms with E-state index in [4.69, 9.17) is 0 Å². The number of hydrogen-bond donors (Lipinski definition) is 1. The number of imidazole rings is 1. The second-order valence-corrected chi connectivity index (χ2v) is 7.46. The number of nitrogens with one attached hydrogen (secondary N) is 1. The number of hydrogen-bond acceptors (Lipinski definition) is 3. The van der Waals surface area contributed by atoms with Crippen molar-refractivity contribution in [2.24, 2.45) is 0 Å². The number of amides is 2. The number of benzene rings is 1. The molecule has 4 rings (SSSR count). The molecule has 2 aromatic rings. The summed E-state index contributed by atoms with van der Waals surface area (Å²) in [7, 11) is 0. The maximum absolute atomic E-state index is 13.0. The summed E-state index contributed by atoms with van der Waals surface area (Å²) in [5.74, 6) is 0.168. The molecule has 1 saturated heterocycles. The Bertz CT molecular complexity index is 865. The molecule has 0 saturated carbocycles. The lowest BCUT2D eigenvalue weighted by molar-refractivity contribution is 0.0705. The van der Waals surface area contributed by atoms with Gasteiger partial charge < -0.3 is 14.8 Å². The summed E-state index contributed by atoms with van der Waals surface area (Å²) in [6.45, 7) is 4.29. The molecule has 3 heterocycles. The number of piperidine rings is 1. The minimum Gasteiger partial charge on any atom is -0.336 e. The number of anilines is 1. The Labute approximate surface area is 159 Å². The van der Waals surface area contributed by atoms with Crippen molar-refractivity contribution >= 4 is 17.5 Å². The van der Waals surface area contributed by atoms with Gasteiger partial charge in [0.2, 0.25) is 0 Å². The van der Waals surface area contributed by atoms with Crippen LogP contribution in [0.15, 0.2) is 24.3 Å². The Balaban J connectivity index is 1.65. The van der Waals surface area contributed by atoms with Gasteiger partial charge in [-0.15, -0.1) is 0 Å². The van der Waals surface area contributed by atoms with Crippen molar-refractivity contribution in [1.29, 1.82) is 0 Å². The fourth-order valence-corrected chi connectivity index (χ4v) is 4.02. The Hall–Kier alpha value is -2.63. The van der Waals surface area contributed by atoms with Crippen LogP contribution < -0.4 is 5.32 Å². The average Bonchev–Trinajstić information content (AvgIpc) is 3.10. The van der Waals surface area contributed by atoms with Crippen LogP contribution in [0.1, 0.15) is 64.5 Å². The summed E-state index contributed by atoms with van der Waals surface area (Å²) in [5, 5.41) is 2.97. The van der Waals surface area contributed by atoms with Crippen molar-refractivity contribution in [3.63, 3.8) is 0 Å². The minimum absolute atomic E-state index is 0.0345. The highest BCUT2D eigenvalue weighted by molar-refractivity contribution is 6.05. The van der Waals surface area contributed by atoms with Gasteiger partial charge in [-0.25, -0.2) is 4.98 Å². The van der Waals surface area contributed by atoms with Gasteiger partial charge in [-0.05, 0) is 57.1 Å². The minimum atomic E-state index is -0.229. The van der Waals surface area contributed by atoms with E-state index in [9.17, 15) is 9.59 Å². The number of carbonyl (C=O) groups excluding carboxylic acids is 2. The van der Waals surface area contributed by atoms with Crippen LogP contribution in [-0.4, -0.2) is 39.4 Å². The standard InChI is InChI=1S/C21H26N4O2/c1-15-9-3-4-10-16(15)22-20(26)18-17-11-5-8-14-25(17)19(23-18)21(27)24-12-6-2-7-13-24/h3-4,9-10H,2,5-8,11-14H2,1H3,(H,22,26).